The van der Waals surface area contributed by atoms with Gasteiger partial charge < -0.3 is 10.8 Å². The molecule has 3 heteroatoms. The first-order chi connectivity index (χ1) is 8.10. The molecule has 2 nitrogen and oxygen atoms in total. The Hall–Kier alpha value is -0.930. The predicted octanol–water partition coefficient (Wildman–Crippen LogP) is 2.67. The monoisotopic (exact) mass is 239 g/mol. The summed E-state index contributed by atoms with van der Waals surface area (Å²) in [7, 11) is 0. The summed E-state index contributed by atoms with van der Waals surface area (Å²) in [4.78, 5) is 0. The van der Waals surface area contributed by atoms with E-state index < -0.39 is 6.10 Å². The van der Waals surface area contributed by atoms with Crippen LogP contribution in [-0.2, 0) is 0 Å². The summed E-state index contributed by atoms with van der Waals surface area (Å²) in [6, 6.07) is 6.34. The van der Waals surface area contributed by atoms with Crippen LogP contribution in [0.5, 0.6) is 0 Å². The lowest BCUT2D eigenvalue weighted by Crippen LogP contribution is -2.31. The number of rotatable bonds is 6. The topological polar surface area (TPSA) is 46.2 Å². The third-order valence-electron chi connectivity index (χ3n) is 3.27. The van der Waals surface area contributed by atoms with E-state index in [4.69, 9.17) is 5.73 Å². The van der Waals surface area contributed by atoms with Crippen LogP contribution >= 0.6 is 0 Å². The quantitative estimate of drug-likeness (QED) is 0.801. The van der Waals surface area contributed by atoms with Crippen molar-refractivity contribution < 1.29 is 9.50 Å². The highest BCUT2D eigenvalue weighted by molar-refractivity contribution is 5.22. The van der Waals surface area contributed by atoms with Gasteiger partial charge in [-0.15, -0.1) is 0 Å². The van der Waals surface area contributed by atoms with Gasteiger partial charge in [-0.2, -0.15) is 0 Å². The first-order valence-electron chi connectivity index (χ1n) is 6.23. The van der Waals surface area contributed by atoms with Crippen molar-refractivity contribution >= 4 is 0 Å². The van der Waals surface area contributed by atoms with Crippen LogP contribution in [0.15, 0.2) is 24.3 Å². The highest BCUT2D eigenvalue weighted by Crippen LogP contribution is 2.26. The fraction of sp³-hybridized carbons (Fsp3) is 0.571. The van der Waals surface area contributed by atoms with Crippen molar-refractivity contribution in [2.45, 2.75) is 38.7 Å². The van der Waals surface area contributed by atoms with E-state index >= 15 is 0 Å². The Morgan fingerprint density at radius 2 is 2.12 bits per heavy atom. The Labute approximate surface area is 103 Å². The smallest absolute Gasteiger partial charge is 0.123 e. The molecule has 96 valence electrons. The summed E-state index contributed by atoms with van der Waals surface area (Å²) >= 11 is 0. The molecule has 0 saturated carbocycles. The molecule has 0 aromatic heterocycles. The van der Waals surface area contributed by atoms with Crippen LogP contribution in [0.1, 0.15) is 38.2 Å². The average molecular weight is 239 g/mol. The molecule has 0 radical (unpaired) electrons. The molecule has 17 heavy (non-hydrogen) atoms. The van der Waals surface area contributed by atoms with Crippen molar-refractivity contribution in [2.24, 2.45) is 11.7 Å². The summed E-state index contributed by atoms with van der Waals surface area (Å²) in [6.45, 7) is 4.43. The van der Waals surface area contributed by atoms with E-state index in [9.17, 15) is 9.50 Å². The van der Waals surface area contributed by atoms with Crippen LogP contribution in [0.3, 0.4) is 0 Å². The second-order valence-electron chi connectivity index (χ2n) is 4.65. The molecule has 1 aromatic rings. The molecule has 3 N–H and O–H groups in total. The molecule has 3 atom stereocenters. The molecule has 0 aliphatic heterocycles. The molecular weight excluding hydrogens is 217 g/mol. The molecule has 0 spiro atoms. The third-order valence-corrected chi connectivity index (χ3v) is 3.27. The zero-order valence-corrected chi connectivity index (χ0v) is 10.6. The summed E-state index contributed by atoms with van der Waals surface area (Å²) in [5, 5.41) is 10.3. The Morgan fingerprint density at radius 3 is 2.65 bits per heavy atom. The van der Waals surface area contributed by atoms with E-state index in [0.717, 1.165) is 18.4 Å². The van der Waals surface area contributed by atoms with Crippen molar-refractivity contribution in [3.8, 4) is 0 Å². The maximum Gasteiger partial charge on any atom is 0.123 e. The molecule has 0 saturated heterocycles. The molecule has 0 bridgehead atoms. The fourth-order valence-electron chi connectivity index (χ4n) is 2.23. The molecule has 3 unspecified atom stereocenters. The molecule has 0 aliphatic rings. The highest BCUT2D eigenvalue weighted by Gasteiger charge is 2.24. The minimum Gasteiger partial charge on any atom is -0.392 e. The third kappa shape index (κ3) is 3.79. The van der Waals surface area contributed by atoms with E-state index in [2.05, 4.69) is 6.92 Å². The normalized spacial score (nSPS) is 16.5. The first kappa shape index (κ1) is 14.1. The van der Waals surface area contributed by atoms with Gasteiger partial charge in [0, 0.05) is 12.5 Å². The summed E-state index contributed by atoms with van der Waals surface area (Å²) < 4.78 is 13.2. The molecule has 0 heterocycles. The molecule has 0 amide bonds. The van der Waals surface area contributed by atoms with Crippen LogP contribution in [0.4, 0.5) is 4.39 Å². The van der Waals surface area contributed by atoms with Gasteiger partial charge in [0.25, 0.3) is 0 Å². The van der Waals surface area contributed by atoms with E-state index in [1.807, 2.05) is 13.0 Å². The van der Waals surface area contributed by atoms with Crippen LogP contribution in [0.2, 0.25) is 0 Å². The number of aliphatic hydroxyl groups excluding tert-OH is 1. The summed E-state index contributed by atoms with van der Waals surface area (Å²) in [6.07, 6.45) is 1.47. The second-order valence-corrected chi connectivity index (χ2v) is 4.65. The van der Waals surface area contributed by atoms with Crippen molar-refractivity contribution in [2.75, 3.05) is 6.54 Å². The van der Waals surface area contributed by atoms with E-state index in [1.165, 1.54) is 12.1 Å². The Bertz CT molecular complexity index is 343. The van der Waals surface area contributed by atoms with Crippen LogP contribution in [0.25, 0.3) is 0 Å². The summed E-state index contributed by atoms with van der Waals surface area (Å²) in [5.74, 6) is -0.291. The maximum absolute atomic E-state index is 13.2. The Morgan fingerprint density at radius 1 is 1.41 bits per heavy atom. The largest absolute Gasteiger partial charge is 0.392 e. The number of halogens is 1. The zero-order valence-electron chi connectivity index (χ0n) is 10.6. The van der Waals surface area contributed by atoms with Gasteiger partial charge in [0.15, 0.2) is 0 Å². The van der Waals surface area contributed by atoms with Crippen LogP contribution in [0, 0.1) is 11.7 Å². The van der Waals surface area contributed by atoms with Crippen molar-refractivity contribution in [1.29, 1.82) is 0 Å². The zero-order chi connectivity index (χ0) is 12.8. The van der Waals surface area contributed by atoms with Gasteiger partial charge in [-0.05, 0) is 30.0 Å². The molecule has 1 aromatic carbocycles. The Kier molecular flexibility index (Phi) is 5.59. The van der Waals surface area contributed by atoms with Crippen molar-refractivity contribution in [3.63, 3.8) is 0 Å². The lowest BCUT2D eigenvalue weighted by Gasteiger charge is -2.27. The Balaban J connectivity index is 2.83. The second kappa shape index (κ2) is 6.72. The number of nitrogens with two attached hydrogens (primary N) is 1. The predicted molar refractivity (Wildman–Crippen MR) is 68.3 cm³/mol. The maximum atomic E-state index is 13.2. The lowest BCUT2D eigenvalue weighted by molar-refractivity contribution is 0.0858. The van der Waals surface area contributed by atoms with Gasteiger partial charge in [0.1, 0.15) is 5.82 Å². The molecular formula is C14H22FNO. The minimum atomic E-state index is -0.512. The van der Waals surface area contributed by atoms with Gasteiger partial charge in [0.2, 0.25) is 0 Å². The van der Waals surface area contributed by atoms with Gasteiger partial charge in [-0.25, -0.2) is 4.39 Å². The van der Waals surface area contributed by atoms with E-state index in [-0.39, 0.29) is 17.7 Å². The van der Waals surface area contributed by atoms with Gasteiger partial charge >= 0.3 is 0 Å². The van der Waals surface area contributed by atoms with Gasteiger partial charge in [-0.1, -0.05) is 32.4 Å². The van der Waals surface area contributed by atoms with Crippen LogP contribution < -0.4 is 5.73 Å². The number of aliphatic hydroxyl groups is 1. The SMILES string of the molecule is CCCC(C)C(O)C(CN)c1cccc(F)c1. The number of benzene rings is 1. The fourth-order valence-corrected chi connectivity index (χ4v) is 2.23. The van der Waals surface area contributed by atoms with Crippen LogP contribution in [-0.4, -0.2) is 17.8 Å². The highest BCUT2D eigenvalue weighted by atomic mass is 19.1. The standard InChI is InChI=1S/C14H22FNO/c1-3-5-10(2)14(17)13(9-16)11-6-4-7-12(15)8-11/h4,6-8,10,13-14,17H,3,5,9,16H2,1-2H3. The minimum absolute atomic E-state index is 0.178. The van der Waals surface area contributed by atoms with E-state index in [0.29, 0.717) is 6.54 Å². The number of hydrogen-bond donors (Lipinski definition) is 2. The van der Waals surface area contributed by atoms with E-state index in [1.54, 1.807) is 6.07 Å². The van der Waals surface area contributed by atoms with Crippen molar-refractivity contribution in [1.82, 2.24) is 0 Å². The van der Waals surface area contributed by atoms with Gasteiger partial charge in [0.05, 0.1) is 6.10 Å². The summed E-state index contributed by atoms with van der Waals surface area (Å²) in [5.41, 5.74) is 6.49. The van der Waals surface area contributed by atoms with Crippen molar-refractivity contribution in [3.05, 3.63) is 35.6 Å². The number of hydrogen-bond acceptors (Lipinski definition) is 2. The lowest BCUT2D eigenvalue weighted by atomic mass is 9.84. The first-order valence-corrected chi connectivity index (χ1v) is 6.23. The van der Waals surface area contributed by atoms with Gasteiger partial charge in [-0.3, -0.25) is 0 Å². The molecule has 1 rings (SSSR count). The molecule has 0 fully saturated rings. The average Bonchev–Trinajstić information content (AvgIpc) is 2.30. The molecule has 0 aliphatic carbocycles.